The molecule has 0 aliphatic carbocycles. The van der Waals surface area contributed by atoms with E-state index in [9.17, 15) is 9.59 Å². The third-order valence-corrected chi connectivity index (χ3v) is 4.80. The maximum absolute atomic E-state index is 13.0. The minimum Gasteiger partial charge on any atom is -0.354 e. The number of hydrogen-bond acceptors (Lipinski definition) is 2. The minimum atomic E-state index is -0.555. The van der Waals surface area contributed by atoms with Crippen LogP contribution in [0.1, 0.15) is 38.3 Å². The molecular weight excluding hydrogens is 372 g/mol. The first-order chi connectivity index (χ1) is 13.4. The van der Waals surface area contributed by atoms with Gasteiger partial charge in [-0.2, -0.15) is 0 Å². The van der Waals surface area contributed by atoms with Crippen molar-refractivity contribution in [2.24, 2.45) is 5.92 Å². The quantitative estimate of drug-likeness (QED) is 0.675. The molecule has 0 aliphatic heterocycles. The average Bonchev–Trinajstić information content (AvgIpc) is 2.68. The van der Waals surface area contributed by atoms with Gasteiger partial charge in [0.1, 0.15) is 6.04 Å². The fraction of sp³-hybridized carbons (Fsp3) is 0.391. The molecule has 2 aromatic rings. The van der Waals surface area contributed by atoms with Crippen LogP contribution >= 0.6 is 11.6 Å². The number of nitrogens with zero attached hydrogens (tertiary/aromatic N) is 1. The number of rotatable bonds is 9. The molecule has 1 atom stereocenters. The molecule has 0 unspecified atom stereocenters. The van der Waals surface area contributed by atoms with E-state index in [2.05, 4.69) is 5.32 Å². The van der Waals surface area contributed by atoms with Crippen LogP contribution in [0.2, 0.25) is 5.02 Å². The molecule has 0 radical (unpaired) electrons. The minimum absolute atomic E-state index is 0.0453. The summed E-state index contributed by atoms with van der Waals surface area (Å²) in [6.07, 6.45) is 0.998. The molecule has 0 aromatic heterocycles. The van der Waals surface area contributed by atoms with E-state index in [0.717, 1.165) is 11.1 Å². The van der Waals surface area contributed by atoms with Crippen LogP contribution < -0.4 is 5.32 Å². The zero-order valence-corrected chi connectivity index (χ0v) is 17.6. The molecule has 4 nitrogen and oxygen atoms in total. The first kappa shape index (κ1) is 22.0. The molecule has 0 bridgehead atoms. The molecule has 5 heteroatoms. The molecule has 0 saturated carbocycles. The number of aryl methyl sites for hydroxylation is 1. The average molecular weight is 401 g/mol. The Labute approximate surface area is 172 Å². The van der Waals surface area contributed by atoms with E-state index in [-0.39, 0.29) is 11.8 Å². The van der Waals surface area contributed by atoms with Gasteiger partial charge in [-0.25, -0.2) is 0 Å². The lowest BCUT2D eigenvalue weighted by Crippen LogP contribution is -2.48. The summed E-state index contributed by atoms with van der Waals surface area (Å²) in [6.45, 7) is 6.80. The molecule has 0 aliphatic rings. The normalized spacial score (nSPS) is 11.9. The molecule has 0 heterocycles. The number of hydrogen-bond donors (Lipinski definition) is 1. The number of carbonyl (C=O) groups excluding carboxylic acids is 2. The summed E-state index contributed by atoms with van der Waals surface area (Å²) in [4.78, 5) is 27.2. The Morgan fingerprint density at radius 3 is 2.32 bits per heavy atom. The Morgan fingerprint density at radius 2 is 1.68 bits per heavy atom. The van der Waals surface area contributed by atoms with Crippen molar-refractivity contribution in [3.8, 4) is 0 Å². The lowest BCUT2D eigenvalue weighted by atomic mass is 10.1. The summed E-state index contributed by atoms with van der Waals surface area (Å²) in [6, 6.07) is 16.7. The largest absolute Gasteiger partial charge is 0.354 e. The van der Waals surface area contributed by atoms with Crippen LogP contribution in [0.3, 0.4) is 0 Å². The summed E-state index contributed by atoms with van der Waals surface area (Å²) < 4.78 is 0. The van der Waals surface area contributed by atoms with Crippen molar-refractivity contribution in [1.29, 1.82) is 0 Å². The van der Waals surface area contributed by atoms with E-state index in [0.29, 0.717) is 36.9 Å². The van der Waals surface area contributed by atoms with Gasteiger partial charge in [0.25, 0.3) is 0 Å². The molecule has 0 fully saturated rings. The van der Waals surface area contributed by atoms with Gasteiger partial charge in [-0.1, -0.05) is 67.9 Å². The molecule has 1 N–H and O–H groups in total. The van der Waals surface area contributed by atoms with Gasteiger partial charge in [-0.3, -0.25) is 9.59 Å². The second kappa shape index (κ2) is 10.9. The van der Waals surface area contributed by atoms with Crippen molar-refractivity contribution in [3.63, 3.8) is 0 Å². The van der Waals surface area contributed by atoms with E-state index in [1.165, 1.54) is 0 Å². The first-order valence-electron chi connectivity index (χ1n) is 9.72. The Hall–Kier alpha value is -2.33. The third kappa shape index (κ3) is 7.01. The van der Waals surface area contributed by atoms with E-state index in [1.807, 2.05) is 62.4 Å². The molecular formula is C23H29ClN2O2. The highest BCUT2D eigenvalue weighted by Crippen LogP contribution is 2.16. The Balaban J connectivity index is 2.11. The summed E-state index contributed by atoms with van der Waals surface area (Å²) in [7, 11) is 0. The van der Waals surface area contributed by atoms with Crippen LogP contribution in [0.5, 0.6) is 0 Å². The van der Waals surface area contributed by atoms with Gasteiger partial charge in [0, 0.05) is 24.5 Å². The summed E-state index contributed by atoms with van der Waals surface area (Å²) >= 11 is 6.09. The van der Waals surface area contributed by atoms with E-state index < -0.39 is 6.04 Å². The standard InChI is InChI=1S/C23H29ClN2O2/c1-17(2)15-25-23(28)18(3)26(16-20-10-7-11-21(24)14-20)22(27)13-12-19-8-5-4-6-9-19/h4-11,14,17-18H,12-13,15-16H2,1-3H3,(H,25,28)/t18-/m1/s1. The van der Waals surface area contributed by atoms with E-state index >= 15 is 0 Å². The Kier molecular flexibility index (Phi) is 8.52. The van der Waals surface area contributed by atoms with Crippen LogP contribution in [0.15, 0.2) is 54.6 Å². The van der Waals surface area contributed by atoms with Crippen LogP contribution in [0.25, 0.3) is 0 Å². The molecule has 2 aromatic carbocycles. The predicted octanol–water partition coefficient (Wildman–Crippen LogP) is 4.46. The van der Waals surface area contributed by atoms with Crippen LogP contribution in [0, 0.1) is 5.92 Å². The predicted molar refractivity (Wildman–Crippen MR) is 114 cm³/mol. The fourth-order valence-electron chi connectivity index (χ4n) is 2.91. The van der Waals surface area contributed by atoms with Gasteiger partial charge < -0.3 is 10.2 Å². The molecule has 2 amide bonds. The van der Waals surface area contributed by atoms with Crippen molar-refractivity contribution >= 4 is 23.4 Å². The highest BCUT2D eigenvalue weighted by Gasteiger charge is 2.26. The SMILES string of the molecule is CC(C)CNC(=O)[C@@H](C)N(Cc1cccc(Cl)c1)C(=O)CCc1ccccc1. The lowest BCUT2D eigenvalue weighted by Gasteiger charge is -2.29. The van der Waals surface area contributed by atoms with E-state index in [1.54, 1.807) is 17.9 Å². The van der Waals surface area contributed by atoms with Crippen molar-refractivity contribution in [1.82, 2.24) is 10.2 Å². The maximum Gasteiger partial charge on any atom is 0.242 e. The van der Waals surface area contributed by atoms with Crippen molar-refractivity contribution < 1.29 is 9.59 Å². The van der Waals surface area contributed by atoms with Gasteiger partial charge in [-0.15, -0.1) is 0 Å². The molecule has 2 rings (SSSR count). The summed E-state index contributed by atoms with van der Waals surface area (Å²) in [5, 5.41) is 3.55. The van der Waals surface area contributed by atoms with Crippen LogP contribution in [0.4, 0.5) is 0 Å². The number of amides is 2. The zero-order valence-electron chi connectivity index (χ0n) is 16.8. The zero-order chi connectivity index (χ0) is 20.5. The van der Waals surface area contributed by atoms with E-state index in [4.69, 9.17) is 11.6 Å². The monoisotopic (exact) mass is 400 g/mol. The van der Waals surface area contributed by atoms with Gasteiger partial charge >= 0.3 is 0 Å². The molecule has 0 spiro atoms. The Morgan fingerprint density at radius 1 is 1.00 bits per heavy atom. The van der Waals surface area contributed by atoms with Crippen molar-refractivity contribution in [2.45, 2.75) is 46.2 Å². The van der Waals surface area contributed by atoms with Crippen LogP contribution in [-0.2, 0) is 22.6 Å². The fourth-order valence-corrected chi connectivity index (χ4v) is 3.12. The first-order valence-corrected chi connectivity index (χ1v) is 10.1. The molecule has 28 heavy (non-hydrogen) atoms. The number of carbonyl (C=O) groups is 2. The van der Waals surface area contributed by atoms with Gasteiger partial charge in [-0.05, 0) is 42.5 Å². The van der Waals surface area contributed by atoms with Crippen molar-refractivity contribution in [3.05, 3.63) is 70.7 Å². The maximum atomic E-state index is 13.0. The number of benzene rings is 2. The molecule has 0 saturated heterocycles. The van der Waals surface area contributed by atoms with Gasteiger partial charge in [0.05, 0.1) is 0 Å². The second-order valence-electron chi connectivity index (χ2n) is 7.45. The lowest BCUT2D eigenvalue weighted by molar-refractivity contribution is -0.140. The smallest absolute Gasteiger partial charge is 0.242 e. The molecule has 150 valence electrons. The summed E-state index contributed by atoms with van der Waals surface area (Å²) in [5.74, 6) is 0.172. The third-order valence-electron chi connectivity index (χ3n) is 4.56. The second-order valence-corrected chi connectivity index (χ2v) is 7.89. The topological polar surface area (TPSA) is 49.4 Å². The number of nitrogens with one attached hydrogen (secondary N) is 1. The number of halogens is 1. The van der Waals surface area contributed by atoms with Crippen LogP contribution in [-0.4, -0.2) is 29.3 Å². The summed E-state index contributed by atoms with van der Waals surface area (Å²) in [5.41, 5.74) is 2.01. The van der Waals surface area contributed by atoms with Crippen molar-refractivity contribution in [2.75, 3.05) is 6.54 Å². The highest BCUT2D eigenvalue weighted by molar-refractivity contribution is 6.30. The Bertz CT molecular complexity index is 777. The van der Waals surface area contributed by atoms with Gasteiger partial charge in [0.15, 0.2) is 0 Å². The highest BCUT2D eigenvalue weighted by atomic mass is 35.5. The van der Waals surface area contributed by atoms with Gasteiger partial charge in [0.2, 0.25) is 11.8 Å².